The first-order valence-corrected chi connectivity index (χ1v) is 5.69. The van der Waals surface area contributed by atoms with E-state index < -0.39 is 24.5 Å². The number of carboxylic acid groups (broad SMARTS) is 1. The summed E-state index contributed by atoms with van der Waals surface area (Å²) in [6, 6.07) is 1.40. The molecular formula is C9H7BrClF2NO2. The molecule has 1 heterocycles. The monoisotopic (exact) mass is 313 g/mol. The maximum absolute atomic E-state index is 12.6. The van der Waals surface area contributed by atoms with Gasteiger partial charge in [0.2, 0.25) is 0 Å². The third-order valence-electron chi connectivity index (χ3n) is 1.79. The minimum Gasteiger partial charge on any atom is -0.481 e. The van der Waals surface area contributed by atoms with E-state index in [1.807, 2.05) is 0 Å². The molecule has 0 spiro atoms. The molecule has 0 amide bonds. The highest BCUT2D eigenvalue weighted by molar-refractivity contribution is 9.08. The van der Waals surface area contributed by atoms with Gasteiger partial charge in [-0.3, -0.25) is 4.79 Å². The third kappa shape index (κ3) is 3.12. The highest BCUT2D eigenvalue weighted by Crippen LogP contribution is 2.30. The Hall–Kier alpha value is -0.750. The van der Waals surface area contributed by atoms with Gasteiger partial charge in [-0.05, 0) is 11.6 Å². The number of aromatic nitrogens is 1. The molecule has 0 unspecified atom stereocenters. The van der Waals surface area contributed by atoms with E-state index in [0.717, 1.165) is 0 Å². The van der Waals surface area contributed by atoms with Crippen LogP contribution in [-0.2, 0) is 16.5 Å². The van der Waals surface area contributed by atoms with E-state index in [9.17, 15) is 13.6 Å². The zero-order chi connectivity index (χ0) is 12.3. The molecule has 3 nitrogen and oxygen atoms in total. The summed E-state index contributed by atoms with van der Waals surface area (Å²) in [7, 11) is 0. The minimum absolute atomic E-state index is 0.0710. The van der Waals surface area contributed by atoms with Crippen molar-refractivity contribution in [3.8, 4) is 0 Å². The molecule has 88 valence electrons. The molecule has 1 aromatic rings. The van der Waals surface area contributed by atoms with Crippen LogP contribution in [-0.4, -0.2) is 16.1 Å². The van der Waals surface area contributed by atoms with E-state index in [1.165, 1.54) is 6.07 Å². The molecule has 0 fully saturated rings. The first-order chi connectivity index (χ1) is 7.45. The topological polar surface area (TPSA) is 50.2 Å². The van der Waals surface area contributed by atoms with Crippen molar-refractivity contribution < 1.29 is 18.7 Å². The van der Waals surface area contributed by atoms with Crippen LogP contribution < -0.4 is 0 Å². The molecule has 1 aromatic heterocycles. The minimum atomic E-state index is -2.82. The summed E-state index contributed by atoms with van der Waals surface area (Å²) in [5, 5.41) is 8.70. The van der Waals surface area contributed by atoms with Crippen LogP contribution in [0.15, 0.2) is 6.07 Å². The number of pyridine rings is 1. The normalized spacial score (nSPS) is 10.8. The number of hydrogen-bond donors (Lipinski definition) is 1. The Morgan fingerprint density at radius 1 is 1.62 bits per heavy atom. The summed E-state index contributed by atoms with van der Waals surface area (Å²) in [6.07, 6.45) is -3.23. The maximum Gasteiger partial charge on any atom is 0.309 e. The van der Waals surface area contributed by atoms with Gasteiger partial charge in [-0.2, -0.15) is 0 Å². The summed E-state index contributed by atoms with van der Waals surface area (Å²) >= 11 is 8.78. The fourth-order valence-corrected chi connectivity index (χ4v) is 2.00. The van der Waals surface area contributed by atoms with Crippen LogP contribution in [0.5, 0.6) is 0 Å². The molecule has 0 radical (unpaired) electrons. The van der Waals surface area contributed by atoms with E-state index in [4.69, 9.17) is 16.7 Å². The molecule has 16 heavy (non-hydrogen) atoms. The fraction of sp³-hybridized carbons (Fsp3) is 0.333. The molecule has 0 aliphatic heterocycles. The van der Waals surface area contributed by atoms with E-state index in [2.05, 4.69) is 20.9 Å². The Labute approximate surface area is 104 Å². The van der Waals surface area contributed by atoms with E-state index in [0.29, 0.717) is 5.56 Å². The standard InChI is InChI=1S/C9H7BrClF2NO2/c10-3-4-1-5(2-6(15)16)14-8(7(4)11)9(12)13/h1,9H,2-3H2,(H,15,16). The van der Waals surface area contributed by atoms with Gasteiger partial charge in [-0.15, -0.1) is 0 Å². The number of carboxylic acids is 1. The number of hydrogen-bond acceptors (Lipinski definition) is 2. The lowest BCUT2D eigenvalue weighted by atomic mass is 10.1. The Bertz CT molecular complexity index is 415. The molecule has 0 aliphatic rings. The molecule has 1 rings (SSSR count). The Morgan fingerprint density at radius 3 is 2.69 bits per heavy atom. The predicted molar refractivity (Wildman–Crippen MR) is 58.2 cm³/mol. The summed E-state index contributed by atoms with van der Waals surface area (Å²) < 4.78 is 25.1. The third-order valence-corrected chi connectivity index (χ3v) is 2.84. The quantitative estimate of drug-likeness (QED) is 0.868. The van der Waals surface area contributed by atoms with Gasteiger partial charge in [-0.1, -0.05) is 27.5 Å². The molecule has 1 N–H and O–H groups in total. The highest BCUT2D eigenvalue weighted by atomic mass is 79.9. The number of halogens is 4. The summed E-state index contributed by atoms with van der Waals surface area (Å²) in [5.41, 5.74) is -0.0975. The van der Waals surface area contributed by atoms with Crippen LogP contribution >= 0.6 is 27.5 Å². The van der Waals surface area contributed by atoms with Gasteiger partial charge in [-0.25, -0.2) is 13.8 Å². The molecule has 0 atom stereocenters. The van der Waals surface area contributed by atoms with Crippen molar-refractivity contribution in [3.05, 3.63) is 28.0 Å². The zero-order valence-electron chi connectivity index (χ0n) is 7.88. The van der Waals surface area contributed by atoms with E-state index in [-0.39, 0.29) is 16.0 Å². The van der Waals surface area contributed by atoms with Crippen molar-refractivity contribution in [2.75, 3.05) is 0 Å². The molecule has 0 bridgehead atoms. The highest BCUT2D eigenvalue weighted by Gasteiger charge is 2.18. The second-order valence-electron chi connectivity index (χ2n) is 2.98. The molecule has 0 aliphatic carbocycles. The van der Waals surface area contributed by atoms with Crippen molar-refractivity contribution in [1.82, 2.24) is 4.98 Å². The van der Waals surface area contributed by atoms with Gasteiger partial charge < -0.3 is 5.11 Å². The van der Waals surface area contributed by atoms with Crippen LogP contribution in [0, 0.1) is 0 Å². The SMILES string of the molecule is O=C(O)Cc1cc(CBr)c(Cl)c(C(F)F)n1. The fourth-order valence-electron chi connectivity index (χ4n) is 1.15. The molecular weight excluding hydrogens is 307 g/mol. The zero-order valence-corrected chi connectivity index (χ0v) is 10.2. The van der Waals surface area contributed by atoms with Gasteiger partial charge in [0.05, 0.1) is 17.1 Å². The lowest BCUT2D eigenvalue weighted by Gasteiger charge is -2.08. The van der Waals surface area contributed by atoms with Crippen LogP contribution in [0.3, 0.4) is 0 Å². The van der Waals surface area contributed by atoms with Gasteiger partial charge in [0.1, 0.15) is 5.69 Å². The number of alkyl halides is 3. The van der Waals surface area contributed by atoms with Crippen LogP contribution in [0.25, 0.3) is 0 Å². The largest absolute Gasteiger partial charge is 0.481 e. The van der Waals surface area contributed by atoms with Crippen molar-refractivity contribution in [2.45, 2.75) is 18.2 Å². The number of aliphatic carboxylic acids is 1. The Morgan fingerprint density at radius 2 is 2.25 bits per heavy atom. The molecule has 7 heteroatoms. The number of rotatable bonds is 4. The average molecular weight is 315 g/mol. The molecule has 0 saturated carbocycles. The second-order valence-corrected chi connectivity index (χ2v) is 3.92. The van der Waals surface area contributed by atoms with E-state index in [1.54, 1.807) is 0 Å². The van der Waals surface area contributed by atoms with Gasteiger partial charge in [0, 0.05) is 5.33 Å². The number of nitrogens with zero attached hydrogens (tertiary/aromatic N) is 1. The van der Waals surface area contributed by atoms with Crippen molar-refractivity contribution in [3.63, 3.8) is 0 Å². The van der Waals surface area contributed by atoms with Crippen molar-refractivity contribution in [1.29, 1.82) is 0 Å². The molecule has 0 aromatic carbocycles. The Balaban J connectivity index is 3.22. The van der Waals surface area contributed by atoms with Gasteiger partial charge in [0.25, 0.3) is 6.43 Å². The maximum atomic E-state index is 12.6. The molecule has 0 saturated heterocycles. The summed E-state index contributed by atoms with van der Waals surface area (Å²) in [4.78, 5) is 14.0. The average Bonchev–Trinajstić information content (AvgIpc) is 2.19. The van der Waals surface area contributed by atoms with Crippen LogP contribution in [0.1, 0.15) is 23.4 Å². The summed E-state index contributed by atoms with van der Waals surface area (Å²) in [6.45, 7) is 0. The van der Waals surface area contributed by atoms with Crippen molar-refractivity contribution >= 4 is 33.5 Å². The van der Waals surface area contributed by atoms with Crippen LogP contribution in [0.4, 0.5) is 8.78 Å². The summed E-state index contributed by atoms with van der Waals surface area (Å²) in [5.74, 6) is -1.13. The van der Waals surface area contributed by atoms with Crippen molar-refractivity contribution in [2.24, 2.45) is 0 Å². The van der Waals surface area contributed by atoms with Gasteiger partial charge in [0.15, 0.2) is 0 Å². The lowest BCUT2D eigenvalue weighted by molar-refractivity contribution is -0.136. The predicted octanol–water partition coefficient (Wildman–Crippen LogP) is 3.19. The Kier molecular flexibility index (Phi) is 4.61. The van der Waals surface area contributed by atoms with E-state index >= 15 is 0 Å². The first kappa shape index (κ1) is 13.3. The van der Waals surface area contributed by atoms with Crippen LogP contribution in [0.2, 0.25) is 5.02 Å². The smallest absolute Gasteiger partial charge is 0.309 e. The number of carbonyl (C=O) groups is 1. The van der Waals surface area contributed by atoms with Gasteiger partial charge >= 0.3 is 5.97 Å². The lowest BCUT2D eigenvalue weighted by Crippen LogP contribution is -2.06. The second kappa shape index (κ2) is 5.54. The first-order valence-electron chi connectivity index (χ1n) is 4.19.